The normalized spacial score (nSPS) is 22.7. The third-order valence-electron chi connectivity index (χ3n) is 4.21. The van der Waals surface area contributed by atoms with Crippen LogP contribution in [0.3, 0.4) is 0 Å². The summed E-state index contributed by atoms with van der Waals surface area (Å²) in [4.78, 5) is 17.6. The highest BCUT2D eigenvalue weighted by Gasteiger charge is 2.44. The minimum atomic E-state index is -0.970. The predicted molar refractivity (Wildman–Crippen MR) is 81.8 cm³/mol. The monoisotopic (exact) mass is 291 g/mol. The zero-order valence-corrected chi connectivity index (χ0v) is 13.3. The molecular formula is C17H25NO3. The third kappa shape index (κ3) is 3.44. The minimum Gasteiger partial charge on any atom is -0.479 e. The van der Waals surface area contributed by atoms with Gasteiger partial charge >= 0.3 is 5.97 Å². The Morgan fingerprint density at radius 3 is 2.14 bits per heavy atom. The van der Waals surface area contributed by atoms with Crippen LogP contribution in [0.2, 0.25) is 0 Å². The first-order valence-electron chi connectivity index (χ1n) is 7.49. The highest BCUT2D eigenvalue weighted by molar-refractivity contribution is 5.74. The molecule has 0 spiro atoms. The number of carboxylic acid groups (broad SMARTS) is 1. The molecule has 4 heteroatoms. The van der Waals surface area contributed by atoms with E-state index in [1.165, 1.54) is 0 Å². The summed E-state index contributed by atoms with van der Waals surface area (Å²) in [6.07, 6.45) is 2.15. The molecule has 1 atom stereocenters. The Kier molecular flexibility index (Phi) is 4.40. The standard InChI is InChI=1S/C17H25NO3/c1-16(2)11-8-12-17(3,4)18(16)21-14(15(19)20)13-9-6-5-7-10-13/h5-7,9-10,14H,8,11-12H2,1-4H3,(H,19,20). The summed E-state index contributed by atoms with van der Waals surface area (Å²) in [5.74, 6) is -0.960. The van der Waals surface area contributed by atoms with Gasteiger partial charge in [0.15, 0.2) is 0 Å². The van der Waals surface area contributed by atoms with E-state index in [0.717, 1.165) is 19.3 Å². The van der Waals surface area contributed by atoms with Crippen molar-refractivity contribution < 1.29 is 14.7 Å². The number of hydrogen-bond acceptors (Lipinski definition) is 3. The largest absolute Gasteiger partial charge is 0.479 e. The molecule has 0 aromatic heterocycles. The summed E-state index contributed by atoms with van der Waals surface area (Å²) in [7, 11) is 0. The molecule has 1 heterocycles. The molecule has 0 saturated carbocycles. The van der Waals surface area contributed by atoms with Crippen molar-refractivity contribution in [1.29, 1.82) is 0 Å². The molecule has 4 nitrogen and oxygen atoms in total. The summed E-state index contributed by atoms with van der Waals surface area (Å²) < 4.78 is 0. The van der Waals surface area contributed by atoms with Gasteiger partial charge in [-0.1, -0.05) is 30.3 Å². The van der Waals surface area contributed by atoms with E-state index in [-0.39, 0.29) is 11.1 Å². The van der Waals surface area contributed by atoms with Gasteiger partial charge in [-0.25, -0.2) is 4.79 Å². The first-order valence-corrected chi connectivity index (χ1v) is 7.49. The van der Waals surface area contributed by atoms with Crippen molar-refractivity contribution in [2.75, 3.05) is 0 Å². The number of carbonyl (C=O) groups is 1. The molecular weight excluding hydrogens is 266 g/mol. The number of carboxylic acids is 1. The molecule has 1 aromatic rings. The van der Waals surface area contributed by atoms with Gasteiger partial charge in [-0.3, -0.25) is 4.84 Å². The summed E-state index contributed by atoms with van der Waals surface area (Å²) in [5, 5.41) is 11.4. The van der Waals surface area contributed by atoms with E-state index < -0.39 is 12.1 Å². The summed E-state index contributed by atoms with van der Waals surface area (Å²) >= 11 is 0. The van der Waals surface area contributed by atoms with Gasteiger partial charge in [0.05, 0.1) is 0 Å². The Morgan fingerprint density at radius 1 is 1.14 bits per heavy atom. The van der Waals surface area contributed by atoms with Gasteiger partial charge in [0.2, 0.25) is 6.10 Å². The van der Waals surface area contributed by atoms with Gasteiger partial charge < -0.3 is 5.11 Å². The Balaban J connectivity index is 2.29. The predicted octanol–water partition coefficient (Wildman–Crippen LogP) is 3.79. The molecule has 2 rings (SSSR count). The van der Waals surface area contributed by atoms with E-state index in [0.29, 0.717) is 5.56 Å². The van der Waals surface area contributed by atoms with Crippen LogP contribution in [0.4, 0.5) is 0 Å². The van der Waals surface area contributed by atoms with Crippen LogP contribution < -0.4 is 0 Å². The fourth-order valence-electron chi connectivity index (χ4n) is 3.24. The maximum Gasteiger partial charge on any atom is 0.339 e. The molecule has 1 fully saturated rings. The highest BCUT2D eigenvalue weighted by atomic mass is 16.7. The van der Waals surface area contributed by atoms with E-state index in [1.807, 2.05) is 23.3 Å². The highest BCUT2D eigenvalue weighted by Crippen LogP contribution is 2.40. The first-order chi connectivity index (χ1) is 9.74. The maximum atomic E-state index is 11.6. The number of piperidine rings is 1. The zero-order valence-electron chi connectivity index (χ0n) is 13.3. The molecule has 21 heavy (non-hydrogen) atoms. The van der Waals surface area contributed by atoms with Crippen LogP contribution in [0.1, 0.15) is 58.6 Å². The summed E-state index contributed by atoms with van der Waals surface area (Å²) in [6, 6.07) is 9.13. The molecule has 116 valence electrons. The smallest absolute Gasteiger partial charge is 0.339 e. The van der Waals surface area contributed by atoms with Crippen molar-refractivity contribution in [3.05, 3.63) is 35.9 Å². The van der Waals surface area contributed by atoms with Crippen molar-refractivity contribution in [3.8, 4) is 0 Å². The number of rotatable bonds is 4. The van der Waals surface area contributed by atoms with Crippen LogP contribution in [0.25, 0.3) is 0 Å². The van der Waals surface area contributed by atoms with Gasteiger partial charge in [0.25, 0.3) is 0 Å². The Bertz CT molecular complexity index is 480. The molecule has 1 aromatic carbocycles. The van der Waals surface area contributed by atoms with Gasteiger partial charge in [0, 0.05) is 11.1 Å². The van der Waals surface area contributed by atoms with E-state index in [4.69, 9.17) is 4.84 Å². The van der Waals surface area contributed by atoms with Crippen LogP contribution in [0.15, 0.2) is 30.3 Å². The SMILES string of the molecule is CC1(C)CCCC(C)(C)N1OC(C(=O)O)c1ccccc1. The lowest BCUT2D eigenvalue weighted by molar-refractivity contribution is -0.304. The van der Waals surface area contributed by atoms with Crippen molar-refractivity contribution >= 4 is 5.97 Å². The molecule has 1 aliphatic heterocycles. The Morgan fingerprint density at radius 2 is 1.67 bits per heavy atom. The third-order valence-corrected chi connectivity index (χ3v) is 4.21. The average molecular weight is 291 g/mol. The molecule has 0 bridgehead atoms. The lowest BCUT2D eigenvalue weighted by Crippen LogP contribution is -2.58. The van der Waals surface area contributed by atoms with Crippen molar-refractivity contribution in [1.82, 2.24) is 5.06 Å². The van der Waals surface area contributed by atoms with Crippen LogP contribution in [-0.4, -0.2) is 27.2 Å². The number of aliphatic carboxylic acids is 1. The zero-order chi connectivity index (χ0) is 15.7. The number of nitrogens with zero attached hydrogens (tertiary/aromatic N) is 1. The summed E-state index contributed by atoms with van der Waals surface area (Å²) in [5.41, 5.74) is 0.316. The Hall–Kier alpha value is -1.39. The number of hydrogen-bond donors (Lipinski definition) is 1. The lowest BCUT2D eigenvalue weighted by Gasteiger charge is -2.52. The van der Waals surface area contributed by atoms with Gasteiger partial charge in [-0.05, 0) is 52.5 Å². The topological polar surface area (TPSA) is 49.8 Å². The van der Waals surface area contributed by atoms with Crippen molar-refractivity contribution in [3.63, 3.8) is 0 Å². The fraction of sp³-hybridized carbons (Fsp3) is 0.588. The fourth-order valence-corrected chi connectivity index (χ4v) is 3.24. The van der Waals surface area contributed by atoms with E-state index in [2.05, 4.69) is 27.7 Å². The molecule has 1 saturated heterocycles. The first kappa shape index (κ1) is 16.0. The molecule has 0 amide bonds. The molecule has 1 unspecified atom stereocenters. The van der Waals surface area contributed by atoms with E-state index in [1.54, 1.807) is 12.1 Å². The molecule has 0 radical (unpaired) electrons. The van der Waals surface area contributed by atoms with E-state index >= 15 is 0 Å². The van der Waals surface area contributed by atoms with Crippen molar-refractivity contribution in [2.45, 2.75) is 64.1 Å². The van der Waals surface area contributed by atoms with Crippen LogP contribution >= 0.6 is 0 Å². The van der Waals surface area contributed by atoms with Crippen LogP contribution in [-0.2, 0) is 9.63 Å². The van der Waals surface area contributed by atoms with Gasteiger partial charge in [-0.15, -0.1) is 0 Å². The minimum absolute atomic E-state index is 0.176. The quantitative estimate of drug-likeness (QED) is 0.917. The maximum absolute atomic E-state index is 11.6. The van der Waals surface area contributed by atoms with E-state index in [9.17, 15) is 9.90 Å². The summed E-state index contributed by atoms with van der Waals surface area (Å²) in [6.45, 7) is 8.44. The average Bonchev–Trinajstić information content (AvgIpc) is 2.37. The van der Waals surface area contributed by atoms with Crippen LogP contribution in [0.5, 0.6) is 0 Å². The van der Waals surface area contributed by atoms with Gasteiger partial charge in [0.1, 0.15) is 0 Å². The Labute approximate surface area is 126 Å². The lowest BCUT2D eigenvalue weighted by atomic mass is 9.82. The second-order valence-corrected chi connectivity index (χ2v) is 7.01. The second-order valence-electron chi connectivity index (χ2n) is 7.01. The molecule has 0 aliphatic carbocycles. The number of benzene rings is 1. The van der Waals surface area contributed by atoms with Crippen molar-refractivity contribution in [2.24, 2.45) is 0 Å². The van der Waals surface area contributed by atoms with Crippen LogP contribution in [0, 0.1) is 0 Å². The van der Waals surface area contributed by atoms with Gasteiger partial charge in [-0.2, -0.15) is 5.06 Å². The molecule has 1 N–H and O–H groups in total. The molecule has 1 aliphatic rings. The number of hydroxylamine groups is 2. The second kappa shape index (κ2) is 5.78.